The van der Waals surface area contributed by atoms with E-state index in [0.717, 1.165) is 37.6 Å². The highest BCUT2D eigenvalue weighted by Crippen LogP contribution is 2.22. The highest BCUT2D eigenvalue weighted by molar-refractivity contribution is 5.40. The Morgan fingerprint density at radius 3 is 2.41 bits per heavy atom. The van der Waals surface area contributed by atoms with Gasteiger partial charge in [-0.15, -0.1) is 0 Å². The number of nitrogen functional groups attached to an aromatic ring is 1. The summed E-state index contributed by atoms with van der Waals surface area (Å²) in [6, 6.07) is 7.52. The number of nitrogens with zero attached hydrogens (tertiary/aromatic N) is 1. The van der Waals surface area contributed by atoms with Crippen LogP contribution in [0.15, 0.2) is 24.3 Å². The van der Waals surface area contributed by atoms with Gasteiger partial charge in [-0.3, -0.25) is 4.90 Å². The third-order valence-corrected chi connectivity index (χ3v) is 3.36. The van der Waals surface area contributed by atoms with Crippen molar-refractivity contribution in [3.63, 3.8) is 0 Å². The van der Waals surface area contributed by atoms with E-state index in [0.29, 0.717) is 0 Å². The normalized spacial score (nSPS) is 21.1. The summed E-state index contributed by atoms with van der Waals surface area (Å²) in [6.07, 6.45) is -0.478. The molecule has 1 aromatic carbocycles. The second-order valence-corrected chi connectivity index (χ2v) is 4.50. The lowest BCUT2D eigenvalue weighted by atomic mass is 10.0. The van der Waals surface area contributed by atoms with Gasteiger partial charge in [0.25, 0.3) is 0 Å². The van der Waals surface area contributed by atoms with Gasteiger partial charge in [-0.2, -0.15) is 0 Å². The summed E-state index contributed by atoms with van der Waals surface area (Å²) < 4.78 is 5.31. The van der Waals surface area contributed by atoms with Crippen LogP contribution in [0.2, 0.25) is 0 Å². The van der Waals surface area contributed by atoms with E-state index in [4.69, 9.17) is 10.5 Å². The summed E-state index contributed by atoms with van der Waals surface area (Å²) in [7, 11) is 0. The first-order valence-corrected chi connectivity index (χ1v) is 6.04. The highest BCUT2D eigenvalue weighted by Gasteiger charge is 2.24. The molecule has 17 heavy (non-hydrogen) atoms. The molecule has 2 unspecified atom stereocenters. The molecule has 0 bridgehead atoms. The van der Waals surface area contributed by atoms with Crippen molar-refractivity contribution in [2.45, 2.75) is 19.1 Å². The first kappa shape index (κ1) is 12.4. The Kier molecular flexibility index (Phi) is 3.99. The van der Waals surface area contributed by atoms with Gasteiger partial charge in [0, 0.05) is 24.8 Å². The lowest BCUT2D eigenvalue weighted by molar-refractivity contribution is -0.0166. The number of ether oxygens (including phenoxy) is 1. The quantitative estimate of drug-likeness (QED) is 0.769. The first-order chi connectivity index (χ1) is 8.18. The number of hydrogen-bond acceptors (Lipinski definition) is 4. The van der Waals surface area contributed by atoms with Gasteiger partial charge in [0.1, 0.15) is 0 Å². The molecule has 1 saturated heterocycles. The maximum Gasteiger partial charge on any atom is 0.0942 e. The number of aliphatic hydroxyl groups excluding tert-OH is 1. The molecular weight excluding hydrogens is 216 g/mol. The predicted octanol–water partition coefficient (Wildman–Crippen LogP) is 1.02. The van der Waals surface area contributed by atoms with Crippen LogP contribution in [0.4, 0.5) is 5.69 Å². The number of nitrogens with two attached hydrogens (primary N) is 1. The molecule has 1 heterocycles. The molecular formula is C13H20N2O2. The minimum atomic E-state index is -0.478. The fourth-order valence-corrected chi connectivity index (χ4v) is 2.16. The maximum absolute atomic E-state index is 10.3. The standard InChI is InChI=1S/C13H20N2O2/c1-10(15-6-8-17-9-7-15)13(16)11-2-4-12(14)5-3-11/h2-5,10,13,16H,6-9,14H2,1H3. The van der Waals surface area contributed by atoms with E-state index in [2.05, 4.69) is 4.90 Å². The number of benzene rings is 1. The Morgan fingerprint density at radius 2 is 1.82 bits per heavy atom. The van der Waals surface area contributed by atoms with E-state index in [1.54, 1.807) is 0 Å². The fraction of sp³-hybridized carbons (Fsp3) is 0.538. The number of morpholine rings is 1. The van der Waals surface area contributed by atoms with E-state index in [1.807, 2.05) is 31.2 Å². The van der Waals surface area contributed by atoms with Crippen LogP contribution in [0, 0.1) is 0 Å². The Bertz CT molecular complexity index is 347. The van der Waals surface area contributed by atoms with Crippen LogP contribution in [0.5, 0.6) is 0 Å². The molecule has 4 heteroatoms. The zero-order chi connectivity index (χ0) is 12.3. The molecule has 94 valence electrons. The molecule has 3 N–H and O–H groups in total. The highest BCUT2D eigenvalue weighted by atomic mass is 16.5. The van der Waals surface area contributed by atoms with E-state index < -0.39 is 6.10 Å². The van der Waals surface area contributed by atoms with Crippen molar-refractivity contribution in [3.05, 3.63) is 29.8 Å². The first-order valence-electron chi connectivity index (χ1n) is 6.04. The minimum Gasteiger partial charge on any atom is -0.399 e. The third-order valence-electron chi connectivity index (χ3n) is 3.36. The monoisotopic (exact) mass is 236 g/mol. The van der Waals surface area contributed by atoms with Crippen LogP contribution in [-0.4, -0.2) is 42.4 Å². The number of aliphatic hydroxyl groups is 1. The van der Waals surface area contributed by atoms with Crippen LogP contribution in [0.1, 0.15) is 18.6 Å². The van der Waals surface area contributed by atoms with Gasteiger partial charge >= 0.3 is 0 Å². The summed E-state index contributed by atoms with van der Waals surface area (Å²) in [4.78, 5) is 2.25. The molecule has 0 amide bonds. The van der Waals surface area contributed by atoms with E-state index in [1.165, 1.54) is 0 Å². The van der Waals surface area contributed by atoms with Crippen molar-refractivity contribution >= 4 is 5.69 Å². The second-order valence-electron chi connectivity index (χ2n) is 4.50. The van der Waals surface area contributed by atoms with Crippen molar-refractivity contribution in [2.24, 2.45) is 0 Å². The molecule has 4 nitrogen and oxygen atoms in total. The molecule has 0 saturated carbocycles. The van der Waals surface area contributed by atoms with Crippen molar-refractivity contribution in [1.82, 2.24) is 4.90 Å². The van der Waals surface area contributed by atoms with Gasteiger partial charge in [0.2, 0.25) is 0 Å². The molecule has 2 rings (SSSR count). The molecule has 1 aliphatic heterocycles. The Hall–Kier alpha value is -1.10. The average Bonchev–Trinajstić information content (AvgIpc) is 2.39. The molecule has 1 aromatic rings. The molecule has 0 aliphatic carbocycles. The van der Waals surface area contributed by atoms with Gasteiger partial charge in [0.05, 0.1) is 19.3 Å². The zero-order valence-corrected chi connectivity index (χ0v) is 10.2. The Labute approximate surface area is 102 Å². The number of rotatable bonds is 3. The predicted molar refractivity (Wildman–Crippen MR) is 67.7 cm³/mol. The lowest BCUT2D eigenvalue weighted by Crippen LogP contribution is -2.44. The van der Waals surface area contributed by atoms with E-state index in [9.17, 15) is 5.11 Å². The maximum atomic E-state index is 10.3. The molecule has 2 atom stereocenters. The fourth-order valence-electron chi connectivity index (χ4n) is 2.16. The van der Waals surface area contributed by atoms with Crippen LogP contribution in [-0.2, 0) is 4.74 Å². The summed E-state index contributed by atoms with van der Waals surface area (Å²) >= 11 is 0. The van der Waals surface area contributed by atoms with Crippen molar-refractivity contribution in [1.29, 1.82) is 0 Å². The molecule has 0 aromatic heterocycles. The van der Waals surface area contributed by atoms with Gasteiger partial charge in [-0.05, 0) is 24.6 Å². The average molecular weight is 236 g/mol. The Balaban J connectivity index is 2.02. The van der Waals surface area contributed by atoms with Gasteiger partial charge in [0.15, 0.2) is 0 Å². The van der Waals surface area contributed by atoms with Crippen LogP contribution >= 0.6 is 0 Å². The Morgan fingerprint density at radius 1 is 1.24 bits per heavy atom. The van der Waals surface area contributed by atoms with Gasteiger partial charge in [-0.1, -0.05) is 12.1 Å². The smallest absolute Gasteiger partial charge is 0.0942 e. The number of anilines is 1. The minimum absolute atomic E-state index is 0.0996. The number of hydrogen-bond donors (Lipinski definition) is 2. The van der Waals surface area contributed by atoms with Crippen molar-refractivity contribution in [2.75, 3.05) is 32.0 Å². The third kappa shape index (κ3) is 2.97. The summed E-state index contributed by atoms with van der Waals surface area (Å²) in [5, 5.41) is 10.3. The van der Waals surface area contributed by atoms with E-state index in [-0.39, 0.29) is 6.04 Å². The van der Waals surface area contributed by atoms with Crippen molar-refractivity contribution < 1.29 is 9.84 Å². The topological polar surface area (TPSA) is 58.7 Å². The summed E-state index contributed by atoms with van der Waals surface area (Å²) in [6.45, 7) is 5.31. The van der Waals surface area contributed by atoms with Crippen LogP contribution in [0.3, 0.4) is 0 Å². The lowest BCUT2D eigenvalue weighted by Gasteiger charge is -2.35. The van der Waals surface area contributed by atoms with E-state index >= 15 is 0 Å². The van der Waals surface area contributed by atoms with Crippen LogP contribution < -0.4 is 5.73 Å². The molecule has 1 fully saturated rings. The largest absolute Gasteiger partial charge is 0.399 e. The molecule has 0 radical (unpaired) electrons. The molecule has 0 spiro atoms. The van der Waals surface area contributed by atoms with Crippen molar-refractivity contribution in [3.8, 4) is 0 Å². The summed E-state index contributed by atoms with van der Waals surface area (Å²) in [5.41, 5.74) is 7.27. The van der Waals surface area contributed by atoms with Gasteiger partial charge < -0.3 is 15.6 Å². The van der Waals surface area contributed by atoms with Gasteiger partial charge in [-0.25, -0.2) is 0 Å². The molecule has 1 aliphatic rings. The SMILES string of the molecule is CC(C(O)c1ccc(N)cc1)N1CCOCC1. The summed E-state index contributed by atoms with van der Waals surface area (Å²) in [5.74, 6) is 0. The second kappa shape index (κ2) is 5.49. The zero-order valence-electron chi connectivity index (χ0n) is 10.2. The van der Waals surface area contributed by atoms with Crippen LogP contribution in [0.25, 0.3) is 0 Å².